The standard InChI is InChI=1S/C13H18Cl2N2O.ClH/c1-9(16)3-4-13(18)17(2)8-10-5-11(14)7-12(15)6-10;/h5-7,9H,3-4,8,16H2,1-2H3;1H. The molecule has 0 spiro atoms. The van der Waals surface area contributed by atoms with Gasteiger partial charge in [-0.3, -0.25) is 4.79 Å². The SMILES string of the molecule is CC(N)CCC(=O)N(C)Cc1cc(Cl)cc(Cl)c1.Cl. The molecule has 0 heterocycles. The van der Waals surface area contributed by atoms with Crippen LogP contribution in [0.3, 0.4) is 0 Å². The molecule has 6 heteroatoms. The minimum Gasteiger partial charge on any atom is -0.341 e. The van der Waals surface area contributed by atoms with Crippen LogP contribution in [0.25, 0.3) is 0 Å². The van der Waals surface area contributed by atoms with Crippen LogP contribution in [0.4, 0.5) is 0 Å². The largest absolute Gasteiger partial charge is 0.341 e. The van der Waals surface area contributed by atoms with Crippen molar-refractivity contribution in [2.24, 2.45) is 5.73 Å². The number of benzene rings is 1. The summed E-state index contributed by atoms with van der Waals surface area (Å²) < 4.78 is 0. The lowest BCUT2D eigenvalue weighted by atomic mass is 10.1. The highest BCUT2D eigenvalue weighted by molar-refractivity contribution is 6.34. The highest BCUT2D eigenvalue weighted by Gasteiger charge is 2.10. The molecule has 0 saturated carbocycles. The first kappa shape index (κ1) is 18.5. The zero-order chi connectivity index (χ0) is 13.7. The number of carbonyl (C=O) groups is 1. The van der Waals surface area contributed by atoms with Crippen molar-refractivity contribution in [1.82, 2.24) is 4.90 Å². The van der Waals surface area contributed by atoms with Crippen molar-refractivity contribution in [3.63, 3.8) is 0 Å². The summed E-state index contributed by atoms with van der Waals surface area (Å²) in [6.45, 7) is 2.39. The van der Waals surface area contributed by atoms with Crippen molar-refractivity contribution >= 4 is 41.5 Å². The predicted octanol–water partition coefficient (Wildman–Crippen LogP) is 3.50. The van der Waals surface area contributed by atoms with Crippen LogP contribution in [-0.2, 0) is 11.3 Å². The Morgan fingerprint density at radius 3 is 2.32 bits per heavy atom. The van der Waals surface area contributed by atoms with Crippen molar-refractivity contribution in [2.75, 3.05) is 7.05 Å². The van der Waals surface area contributed by atoms with Crippen LogP contribution >= 0.6 is 35.6 Å². The molecule has 0 saturated heterocycles. The van der Waals surface area contributed by atoms with Crippen LogP contribution in [-0.4, -0.2) is 23.9 Å². The molecule has 0 fully saturated rings. The van der Waals surface area contributed by atoms with Gasteiger partial charge in [0.15, 0.2) is 0 Å². The molecule has 2 N–H and O–H groups in total. The fraction of sp³-hybridized carbons (Fsp3) is 0.462. The van der Waals surface area contributed by atoms with E-state index in [1.165, 1.54) is 0 Å². The molecule has 1 aromatic carbocycles. The van der Waals surface area contributed by atoms with E-state index in [1.54, 1.807) is 18.0 Å². The highest BCUT2D eigenvalue weighted by Crippen LogP contribution is 2.20. The molecular weight excluding hydrogens is 307 g/mol. The third-order valence-corrected chi connectivity index (χ3v) is 3.02. The van der Waals surface area contributed by atoms with Gasteiger partial charge in [-0.25, -0.2) is 0 Å². The second-order valence-corrected chi connectivity index (χ2v) is 5.42. The summed E-state index contributed by atoms with van der Waals surface area (Å²) in [4.78, 5) is 13.5. The van der Waals surface area contributed by atoms with E-state index in [2.05, 4.69) is 0 Å². The molecule has 0 aromatic heterocycles. The lowest BCUT2D eigenvalue weighted by Crippen LogP contribution is -2.28. The van der Waals surface area contributed by atoms with Gasteiger partial charge in [-0.15, -0.1) is 12.4 Å². The van der Waals surface area contributed by atoms with E-state index in [-0.39, 0.29) is 24.4 Å². The highest BCUT2D eigenvalue weighted by atomic mass is 35.5. The van der Waals surface area contributed by atoms with E-state index in [4.69, 9.17) is 28.9 Å². The number of hydrogen-bond acceptors (Lipinski definition) is 2. The zero-order valence-corrected chi connectivity index (χ0v) is 13.4. The summed E-state index contributed by atoms with van der Waals surface area (Å²) in [5.41, 5.74) is 6.55. The summed E-state index contributed by atoms with van der Waals surface area (Å²) in [5.74, 6) is 0.0726. The summed E-state index contributed by atoms with van der Waals surface area (Å²) >= 11 is 11.8. The molecule has 0 aliphatic heterocycles. The van der Waals surface area contributed by atoms with Gasteiger partial charge in [-0.2, -0.15) is 0 Å². The van der Waals surface area contributed by atoms with Crippen molar-refractivity contribution in [3.8, 4) is 0 Å². The Hall–Kier alpha value is -0.480. The Morgan fingerprint density at radius 1 is 1.32 bits per heavy atom. The number of nitrogens with zero attached hydrogens (tertiary/aromatic N) is 1. The molecule has 0 aliphatic carbocycles. The molecule has 1 unspecified atom stereocenters. The Morgan fingerprint density at radius 2 is 1.84 bits per heavy atom. The number of amides is 1. The summed E-state index contributed by atoms with van der Waals surface area (Å²) in [5, 5.41) is 1.16. The maximum Gasteiger partial charge on any atom is 0.222 e. The Labute approximate surface area is 130 Å². The monoisotopic (exact) mass is 324 g/mol. The fourth-order valence-corrected chi connectivity index (χ4v) is 2.18. The van der Waals surface area contributed by atoms with Gasteiger partial charge in [0.1, 0.15) is 0 Å². The maximum absolute atomic E-state index is 11.8. The molecule has 19 heavy (non-hydrogen) atoms. The van der Waals surface area contributed by atoms with Crippen molar-refractivity contribution in [3.05, 3.63) is 33.8 Å². The quantitative estimate of drug-likeness (QED) is 0.900. The molecular formula is C13H19Cl3N2O. The predicted molar refractivity (Wildman–Crippen MR) is 83.1 cm³/mol. The number of hydrogen-bond donors (Lipinski definition) is 1. The van der Waals surface area contributed by atoms with Crippen LogP contribution in [0.15, 0.2) is 18.2 Å². The van der Waals surface area contributed by atoms with E-state index in [0.717, 1.165) is 5.56 Å². The average Bonchev–Trinajstić information content (AvgIpc) is 2.24. The van der Waals surface area contributed by atoms with Crippen LogP contribution in [0.5, 0.6) is 0 Å². The summed E-state index contributed by atoms with van der Waals surface area (Å²) in [6.07, 6.45) is 1.15. The van der Waals surface area contributed by atoms with Gasteiger partial charge in [0.2, 0.25) is 5.91 Å². The minimum absolute atomic E-state index is 0. The van der Waals surface area contributed by atoms with Gasteiger partial charge >= 0.3 is 0 Å². The molecule has 0 radical (unpaired) electrons. The van der Waals surface area contributed by atoms with E-state index in [9.17, 15) is 4.79 Å². The van der Waals surface area contributed by atoms with E-state index in [1.807, 2.05) is 19.1 Å². The third-order valence-electron chi connectivity index (χ3n) is 2.58. The van der Waals surface area contributed by atoms with Crippen molar-refractivity contribution < 1.29 is 4.79 Å². The van der Waals surface area contributed by atoms with E-state index >= 15 is 0 Å². The van der Waals surface area contributed by atoms with Crippen LogP contribution in [0.1, 0.15) is 25.3 Å². The molecule has 1 rings (SSSR count). The van der Waals surface area contributed by atoms with Gasteiger partial charge in [0, 0.05) is 36.1 Å². The lowest BCUT2D eigenvalue weighted by Gasteiger charge is -2.18. The van der Waals surface area contributed by atoms with E-state index < -0.39 is 0 Å². The van der Waals surface area contributed by atoms with Crippen LogP contribution in [0.2, 0.25) is 10.0 Å². The number of halogens is 3. The van der Waals surface area contributed by atoms with Gasteiger partial charge in [-0.1, -0.05) is 23.2 Å². The molecule has 3 nitrogen and oxygen atoms in total. The van der Waals surface area contributed by atoms with E-state index in [0.29, 0.717) is 29.4 Å². The Balaban J connectivity index is 0.00000324. The van der Waals surface area contributed by atoms with Crippen molar-refractivity contribution in [1.29, 1.82) is 0 Å². The summed E-state index contributed by atoms with van der Waals surface area (Å²) in [7, 11) is 1.76. The number of carbonyl (C=O) groups excluding carboxylic acids is 1. The first-order valence-electron chi connectivity index (χ1n) is 5.83. The average molecular weight is 326 g/mol. The number of nitrogens with two attached hydrogens (primary N) is 1. The van der Waals surface area contributed by atoms with Crippen LogP contribution < -0.4 is 5.73 Å². The molecule has 108 valence electrons. The Bertz CT molecular complexity index is 404. The smallest absolute Gasteiger partial charge is 0.222 e. The van der Waals surface area contributed by atoms with Gasteiger partial charge < -0.3 is 10.6 Å². The van der Waals surface area contributed by atoms with Gasteiger partial charge in [0.25, 0.3) is 0 Å². The number of rotatable bonds is 5. The maximum atomic E-state index is 11.8. The third kappa shape index (κ3) is 7.02. The first-order chi connectivity index (χ1) is 8.38. The molecule has 1 amide bonds. The zero-order valence-electron chi connectivity index (χ0n) is 11.0. The molecule has 0 bridgehead atoms. The van der Waals surface area contributed by atoms with Crippen molar-refractivity contribution in [2.45, 2.75) is 32.4 Å². The molecule has 1 atom stereocenters. The normalized spacial score (nSPS) is 11.6. The second kappa shape index (κ2) is 8.64. The van der Waals surface area contributed by atoms with Gasteiger partial charge in [-0.05, 0) is 37.1 Å². The first-order valence-corrected chi connectivity index (χ1v) is 6.58. The van der Waals surface area contributed by atoms with Gasteiger partial charge in [0.05, 0.1) is 0 Å². The minimum atomic E-state index is 0. The Kier molecular flexibility index (Phi) is 8.42. The molecule has 1 aromatic rings. The second-order valence-electron chi connectivity index (χ2n) is 4.54. The van der Waals surface area contributed by atoms with Crippen LogP contribution in [0, 0.1) is 0 Å². The molecule has 0 aliphatic rings. The lowest BCUT2D eigenvalue weighted by molar-refractivity contribution is -0.130. The summed E-state index contributed by atoms with van der Waals surface area (Å²) in [6, 6.07) is 5.33. The topological polar surface area (TPSA) is 46.3 Å². The fourth-order valence-electron chi connectivity index (χ4n) is 1.61.